The smallest absolute Gasteiger partial charge is 0.257 e. The molecule has 1 atom stereocenters. The van der Waals surface area contributed by atoms with Crippen molar-refractivity contribution in [2.75, 3.05) is 5.32 Å². The SMILES string of the molecule is O=C(Nc1nc(S(=O)[O-])cs1)c1cc(O)cc(Cl)c1. The van der Waals surface area contributed by atoms with Crippen molar-refractivity contribution in [3.63, 3.8) is 0 Å². The van der Waals surface area contributed by atoms with E-state index in [-0.39, 0.29) is 26.5 Å². The second kappa shape index (κ2) is 5.66. The lowest BCUT2D eigenvalue weighted by Gasteiger charge is -2.03. The van der Waals surface area contributed by atoms with E-state index in [1.807, 2.05) is 0 Å². The first kappa shape index (κ1) is 13.9. The summed E-state index contributed by atoms with van der Waals surface area (Å²) in [6, 6.07) is 3.90. The van der Waals surface area contributed by atoms with Crippen LogP contribution in [0.15, 0.2) is 28.6 Å². The number of thiazole rings is 1. The molecule has 0 aliphatic heterocycles. The Morgan fingerprint density at radius 2 is 2.21 bits per heavy atom. The molecule has 100 valence electrons. The zero-order valence-electron chi connectivity index (χ0n) is 9.12. The third kappa shape index (κ3) is 3.51. The van der Waals surface area contributed by atoms with Crippen LogP contribution in [0.25, 0.3) is 0 Å². The molecule has 2 rings (SSSR count). The predicted octanol–water partition coefficient (Wildman–Crippen LogP) is 1.99. The van der Waals surface area contributed by atoms with Crippen molar-refractivity contribution in [1.82, 2.24) is 4.98 Å². The van der Waals surface area contributed by atoms with Gasteiger partial charge in [-0.3, -0.25) is 14.3 Å². The molecule has 0 aliphatic carbocycles. The molecule has 1 amide bonds. The molecule has 2 N–H and O–H groups in total. The van der Waals surface area contributed by atoms with Gasteiger partial charge >= 0.3 is 0 Å². The number of aromatic nitrogens is 1. The Balaban J connectivity index is 2.18. The van der Waals surface area contributed by atoms with Crippen molar-refractivity contribution in [2.24, 2.45) is 0 Å². The number of phenols is 1. The Morgan fingerprint density at radius 1 is 1.47 bits per heavy atom. The van der Waals surface area contributed by atoms with Crippen LogP contribution in [0.3, 0.4) is 0 Å². The first-order chi connectivity index (χ1) is 8.95. The Hall–Kier alpha value is -1.48. The van der Waals surface area contributed by atoms with E-state index < -0.39 is 17.0 Å². The van der Waals surface area contributed by atoms with Crippen molar-refractivity contribution in [3.05, 3.63) is 34.2 Å². The zero-order chi connectivity index (χ0) is 14.0. The molecule has 6 nitrogen and oxygen atoms in total. The molecule has 0 radical (unpaired) electrons. The van der Waals surface area contributed by atoms with Crippen LogP contribution in [0.1, 0.15) is 10.4 Å². The monoisotopic (exact) mass is 317 g/mol. The van der Waals surface area contributed by atoms with E-state index in [0.29, 0.717) is 0 Å². The highest BCUT2D eigenvalue weighted by Gasteiger charge is 2.11. The topological polar surface area (TPSA) is 102 Å². The maximum atomic E-state index is 11.8. The molecule has 0 bridgehead atoms. The van der Waals surface area contributed by atoms with Crippen LogP contribution in [0.4, 0.5) is 5.13 Å². The highest BCUT2D eigenvalue weighted by molar-refractivity contribution is 7.79. The number of aromatic hydroxyl groups is 1. The maximum Gasteiger partial charge on any atom is 0.257 e. The van der Waals surface area contributed by atoms with Gasteiger partial charge in [-0.2, -0.15) is 0 Å². The maximum absolute atomic E-state index is 11.8. The number of carbonyl (C=O) groups excluding carboxylic acids is 1. The number of nitrogens with one attached hydrogen (secondary N) is 1. The van der Waals surface area contributed by atoms with Crippen molar-refractivity contribution in [1.29, 1.82) is 0 Å². The molecule has 2 aromatic rings. The normalized spacial score (nSPS) is 12.1. The van der Waals surface area contributed by atoms with E-state index in [0.717, 1.165) is 11.3 Å². The second-order valence-electron chi connectivity index (χ2n) is 3.38. The van der Waals surface area contributed by atoms with Crippen molar-refractivity contribution >= 4 is 45.1 Å². The third-order valence-electron chi connectivity index (χ3n) is 2.02. The predicted molar refractivity (Wildman–Crippen MR) is 70.4 cm³/mol. The molecule has 0 spiro atoms. The average Bonchev–Trinajstić information content (AvgIpc) is 2.76. The number of hydrogen-bond acceptors (Lipinski definition) is 6. The van der Waals surface area contributed by atoms with Gasteiger partial charge in [0.1, 0.15) is 10.8 Å². The number of amides is 1. The van der Waals surface area contributed by atoms with E-state index in [2.05, 4.69) is 10.3 Å². The summed E-state index contributed by atoms with van der Waals surface area (Å²) in [6.45, 7) is 0. The summed E-state index contributed by atoms with van der Waals surface area (Å²) < 4.78 is 21.3. The Labute approximate surface area is 119 Å². The van der Waals surface area contributed by atoms with Crippen LogP contribution in [0.5, 0.6) is 5.75 Å². The van der Waals surface area contributed by atoms with Gasteiger partial charge < -0.3 is 9.66 Å². The molecule has 1 heterocycles. The molecular formula is C10H6ClN2O4S2-. The molecule has 0 fully saturated rings. The molecular weight excluding hydrogens is 312 g/mol. The van der Waals surface area contributed by atoms with E-state index >= 15 is 0 Å². The van der Waals surface area contributed by atoms with Crippen LogP contribution in [-0.4, -0.2) is 24.8 Å². The summed E-state index contributed by atoms with van der Waals surface area (Å²) in [4.78, 5) is 15.5. The number of halogens is 1. The molecule has 9 heteroatoms. The van der Waals surface area contributed by atoms with E-state index in [1.165, 1.54) is 23.6 Å². The Morgan fingerprint density at radius 3 is 2.79 bits per heavy atom. The summed E-state index contributed by atoms with van der Waals surface area (Å²) in [5.74, 6) is -0.687. The molecule has 1 aromatic heterocycles. The molecule has 1 unspecified atom stereocenters. The number of benzene rings is 1. The molecule has 0 aliphatic rings. The van der Waals surface area contributed by atoms with Gasteiger partial charge in [0, 0.05) is 16.0 Å². The largest absolute Gasteiger partial charge is 0.767 e. The van der Waals surface area contributed by atoms with Crippen molar-refractivity contribution in [2.45, 2.75) is 5.03 Å². The van der Waals surface area contributed by atoms with Gasteiger partial charge in [0.05, 0.1) is 0 Å². The van der Waals surface area contributed by atoms with Gasteiger partial charge in [-0.1, -0.05) is 11.6 Å². The number of carbonyl (C=O) groups is 1. The van der Waals surface area contributed by atoms with Crippen molar-refractivity contribution in [3.8, 4) is 5.75 Å². The minimum absolute atomic E-state index is 0.141. The van der Waals surface area contributed by atoms with Gasteiger partial charge in [0.2, 0.25) is 0 Å². The third-order valence-corrected chi connectivity index (χ3v) is 3.69. The molecule has 0 saturated carbocycles. The number of nitrogens with zero attached hydrogens (tertiary/aromatic N) is 1. The van der Waals surface area contributed by atoms with Crippen LogP contribution < -0.4 is 5.32 Å². The lowest BCUT2D eigenvalue weighted by Crippen LogP contribution is -2.11. The number of rotatable bonds is 3. The fourth-order valence-electron chi connectivity index (χ4n) is 1.27. The van der Waals surface area contributed by atoms with E-state index in [4.69, 9.17) is 11.6 Å². The first-order valence-electron chi connectivity index (χ1n) is 4.81. The van der Waals surface area contributed by atoms with Gasteiger partial charge in [-0.25, -0.2) is 4.98 Å². The molecule has 0 saturated heterocycles. The summed E-state index contributed by atoms with van der Waals surface area (Å²) in [7, 11) is 0. The van der Waals surface area contributed by atoms with Gasteiger partial charge in [0.25, 0.3) is 5.91 Å². The fraction of sp³-hybridized carbons (Fsp3) is 0. The summed E-state index contributed by atoms with van der Waals surface area (Å²) in [5, 5.41) is 13.3. The second-order valence-corrected chi connectivity index (χ2v) is 5.56. The minimum atomic E-state index is -2.44. The van der Waals surface area contributed by atoms with E-state index in [9.17, 15) is 18.7 Å². The number of hydrogen-bond donors (Lipinski definition) is 2. The first-order valence-corrected chi connectivity index (χ1v) is 7.14. The van der Waals surface area contributed by atoms with Crippen molar-refractivity contribution < 1.29 is 18.7 Å². The lowest BCUT2D eigenvalue weighted by atomic mass is 10.2. The minimum Gasteiger partial charge on any atom is -0.767 e. The van der Waals surface area contributed by atoms with Crippen LogP contribution in [0.2, 0.25) is 5.02 Å². The van der Waals surface area contributed by atoms with Crippen LogP contribution in [0, 0.1) is 0 Å². The van der Waals surface area contributed by atoms with Gasteiger partial charge in [0.15, 0.2) is 5.13 Å². The fourth-order valence-corrected chi connectivity index (χ4v) is 2.75. The van der Waals surface area contributed by atoms with Crippen LogP contribution >= 0.6 is 22.9 Å². The molecule has 19 heavy (non-hydrogen) atoms. The lowest BCUT2D eigenvalue weighted by molar-refractivity contribution is 0.102. The quantitative estimate of drug-likeness (QED) is 0.843. The summed E-state index contributed by atoms with van der Waals surface area (Å²) in [6.07, 6.45) is 0. The Kier molecular flexibility index (Phi) is 4.15. The Bertz CT molecular complexity index is 638. The number of phenolic OH excluding ortho intramolecular Hbond substituents is 1. The zero-order valence-corrected chi connectivity index (χ0v) is 11.5. The summed E-state index contributed by atoms with van der Waals surface area (Å²) in [5.41, 5.74) is 0.144. The highest BCUT2D eigenvalue weighted by Crippen LogP contribution is 2.22. The summed E-state index contributed by atoms with van der Waals surface area (Å²) >= 11 is 4.25. The van der Waals surface area contributed by atoms with E-state index in [1.54, 1.807) is 0 Å². The van der Waals surface area contributed by atoms with Gasteiger partial charge in [-0.05, 0) is 29.3 Å². The standard InChI is InChI=1S/C10H7ClN2O4S2/c11-6-1-5(2-7(14)3-6)9(15)13-10-12-8(4-18-10)19(16)17/h1-4,14H,(H,16,17)(H,12,13,15)/p-1. The van der Waals surface area contributed by atoms with Gasteiger partial charge in [-0.15, -0.1) is 11.3 Å². The number of anilines is 1. The highest BCUT2D eigenvalue weighted by atomic mass is 35.5. The average molecular weight is 318 g/mol. The molecule has 1 aromatic carbocycles. The van der Waals surface area contributed by atoms with Crippen LogP contribution in [-0.2, 0) is 11.1 Å².